The summed E-state index contributed by atoms with van der Waals surface area (Å²) in [6.45, 7) is 7.34. The predicted octanol–water partition coefficient (Wildman–Crippen LogP) is 3.47. The zero-order chi connectivity index (χ0) is 15.7. The van der Waals surface area contributed by atoms with Gasteiger partial charge in [-0.3, -0.25) is 0 Å². The fraction of sp³-hybridized carbons (Fsp3) is 0.667. The third-order valence-corrected chi connectivity index (χ3v) is 3.93. The molecule has 0 aliphatic heterocycles. The van der Waals surface area contributed by atoms with Crippen LogP contribution in [0.15, 0.2) is 24.3 Å². The molecular formula is C18H31NO2. The Morgan fingerprint density at radius 1 is 1.29 bits per heavy atom. The van der Waals surface area contributed by atoms with Crippen LogP contribution in [0.5, 0.6) is 0 Å². The van der Waals surface area contributed by atoms with Crippen LogP contribution in [0.25, 0.3) is 0 Å². The van der Waals surface area contributed by atoms with Gasteiger partial charge in [-0.15, -0.1) is 0 Å². The van der Waals surface area contributed by atoms with Crippen LogP contribution < -0.4 is 5.32 Å². The minimum atomic E-state index is -0.731. The van der Waals surface area contributed by atoms with Crippen molar-refractivity contribution in [1.82, 2.24) is 5.32 Å². The van der Waals surface area contributed by atoms with Crippen molar-refractivity contribution in [1.29, 1.82) is 0 Å². The lowest BCUT2D eigenvalue weighted by molar-refractivity contribution is 0.0231. The molecule has 2 atom stereocenters. The summed E-state index contributed by atoms with van der Waals surface area (Å²) in [5, 5.41) is 13.6. The first-order valence-electron chi connectivity index (χ1n) is 8.02. The third-order valence-electron chi connectivity index (χ3n) is 3.93. The van der Waals surface area contributed by atoms with Crippen LogP contribution in [0.2, 0.25) is 0 Å². The summed E-state index contributed by atoms with van der Waals surface area (Å²) < 4.78 is 5.03. The lowest BCUT2D eigenvalue weighted by Crippen LogP contribution is -2.39. The summed E-state index contributed by atoms with van der Waals surface area (Å²) in [6.07, 6.45) is 4.27. The molecule has 1 rings (SSSR count). The van der Waals surface area contributed by atoms with E-state index in [0.717, 1.165) is 6.42 Å². The van der Waals surface area contributed by atoms with Gasteiger partial charge >= 0.3 is 0 Å². The third kappa shape index (κ3) is 7.07. The summed E-state index contributed by atoms with van der Waals surface area (Å²) in [4.78, 5) is 0. The minimum absolute atomic E-state index is 0.235. The molecule has 3 heteroatoms. The van der Waals surface area contributed by atoms with E-state index in [2.05, 4.69) is 43.4 Å². The number of hydrogen-bond donors (Lipinski definition) is 2. The van der Waals surface area contributed by atoms with E-state index in [1.807, 2.05) is 6.92 Å². The molecule has 0 spiro atoms. The van der Waals surface area contributed by atoms with Crippen LogP contribution >= 0.6 is 0 Å². The molecule has 0 aromatic heterocycles. The zero-order valence-corrected chi connectivity index (χ0v) is 14.0. The number of aliphatic hydroxyl groups is 1. The molecule has 3 nitrogen and oxygen atoms in total. The Bertz CT molecular complexity index is 387. The quantitative estimate of drug-likeness (QED) is 0.694. The van der Waals surface area contributed by atoms with Gasteiger partial charge in [-0.05, 0) is 37.8 Å². The lowest BCUT2D eigenvalue weighted by atomic mass is 10.0. The molecule has 2 unspecified atom stereocenters. The maximum atomic E-state index is 10.2. The van der Waals surface area contributed by atoms with Crippen molar-refractivity contribution in [2.45, 2.75) is 58.1 Å². The van der Waals surface area contributed by atoms with E-state index in [1.165, 1.54) is 24.0 Å². The molecule has 0 heterocycles. The average Bonchev–Trinajstić information content (AvgIpc) is 2.49. The Morgan fingerprint density at radius 2 is 1.95 bits per heavy atom. The molecule has 0 aliphatic rings. The van der Waals surface area contributed by atoms with Crippen molar-refractivity contribution in [3.05, 3.63) is 35.4 Å². The van der Waals surface area contributed by atoms with Gasteiger partial charge in [0.05, 0.1) is 5.60 Å². The Morgan fingerprint density at radius 3 is 2.52 bits per heavy atom. The van der Waals surface area contributed by atoms with Gasteiger partial charge in [0.2, 0.25) is 0 Å². The van der Waals surface area contributed by atoms with Crippen molar-refractivity contribution < 1.29 is 9.84 Å². The first-order valence-corrected chi connectivity index (χ1v) is 8.02. The summed E-state index contributed by atoms with van der Waals surface area (Å²) in [7, 11) is 1.66. The highest BCUT2D eigenvalue weighted by atomic mass is 16.5. The Hall–Kier alpha value is -0.900. The molecule has 0 fully saturated rings. The van der Waals surface area contributed by atoms with E-state index in [4.69, 9.17) is 4.74 Å². The van der Waals surface area contributed by atoms with E-state index in [0.29, 0.717) is 19.6 Å². The number of benzene rings is 1. The molecule has 2 N–H and O–H groups in total. The Labute approximate surface area is 129 Å². The van der Waals surface area contributed by atoms with Gasteiger partial charge in [-0.1, -0.05) is 37.6 Å². The molecule has 1 aromatic carbocycles. The van der Waals surface area contributed by atoms with Gasteiger partial charge in [0.15, 0.2) is 0 Å². The van der Waals surface area contributed by atoms with Crippen LogP contribution in [-0.2, 0) is 11.2 Å². The number of unbranched alkanes of at least 4 members (excludes halogenated alkanes) is 1. The number of ether oxygens (including phenoxy) is 1. The van der Waals surface area contributed by atoms with E-state index in [-0.39, 0.29) is 6.04 Å². The molecule has 0 radical (unpaired) electrons. The van der Waals surface area contributed by atoms with Crippen LogP contribution in [0.1, 0.15) is 57.2 Å². The SMILES string of the molecule is CCCCc1ccc(C(C)NCC(C)(O)CCOC)cc1. The van der Waals surface area contributed by atoms with Crippen molar-refractivity contribution in [2.75, 3.05) is 20.3 Å². The molecule has 0 saturated heterocycles. The summed E-state index contributed by atoms with van der Waals surface area (Å²) in [6, 6.07) is 9.04. The number of hydrogen-bond acceptors (Lipinski definition) is 3. The fourth-order valence-electron chi connectivity index (χ4n) is 2.26. The summed E-state index contributed by atoms with van der Waals surface area (Å²) >= 11 is 0. The summed E-state index contributed by atoms with van der Waals surface area (Å²) in [5.41, 5.74) is 1.93. The number of nitrogens with one attached hydrogen (secondary N) is 1. The smallest absolute Gasteiger partial charge is 0.0765 e. The summed E-state index contributed by atoms with van der Waals surface area (Å²) in [5.74, 6) is 0. The molecule has 0 amide bonds. The largest absolute Gasteiger partial charge is 0.389 e. The minimum Gasteiger partial charge on any atom is -0.389 e. The van der Waals surface area contributed by atoms with Gasteiger partial charge in [0, 0.05) is 32.7 Å². The van der Waals surface area contributed by atoms with E-state index >= 15 is 0 Å². The predicted molar refractivity (Wildman–Crippen MR) is 88.6 cm³/mol. The van der Waals surface area contributed by atoms with Crippen molar-refractivity contribution in [3.63, 3.8) is 0 Å². The van der Waals surface area contributed by atoms with Gasteiger partial charge < -0.3 is 15.2 Å². The molecule has 21 heavy (non-hydrogen) atoms. The number of aryl methyl sites for hydroxylation is 1. The highest BCUT2D eigenvalue weighted by molar-refractivity contribution is 5.24. The van der Waals surface area contributed by atoms with Crippen molar-refractivity contribution in [3.8, 4) is 0 Å². The molecule has 120 valence electrons. The standard InChI is InChI=1S/C18H31NO2/c1-5-6-7-16-8-10-17(11-9-16)15(2)19-14-18(3,20)12-13-21-4/h8-11,15,19-20H,5-7,12-14H2,1-4H3. The normalized spacial score (nSPS) is 15.7. The number of rotatable bonds is 10. The number of methoxy groups -OCH3 is 1. The van der Waals surface area contributed by atoms with Gasteiger partial charge in [0.1, 0.15) is 0 Å². The first kappa shape index (κ1) is 18.1. The second-order valence-corrected chi connectivity index (χ2v) is 6.19. The molecule has 0 aliphatic carbocycles. The van der Waals surface area contributed by atoms with Gasteiger partial charge in [-0.2, -0.15) is 0 Å². The fourth-order valence-corrected chi connectivity index (χ4v) is 2.26. The second-order valence-electron chi connectivity index (χ2n) is 6.19. The Balaban J connectivity index is 2.46. The van der Waals surface area contributed by atoms with Gasteiger partial charge in [0.25, 0.3) is 0 Å². The average molecular weight is 293 g/mol. The van der Waals surface area contributed by atoms with Crippen LogP contribution in [0.4, 0.5) is 0 Å². The Kier molecular flexibility index (Phi) is 7.94. The topological polar surface area (TPSA) is 41.5 Å². The molecule has 1 aromatic rings. The second kappa shape index (κ2) is 9.19. The van der Waals surface area contributed by atoms with E-state index < -0.39 is 5.60 Å². The van der Waals surface area contributed by atoms with Crippen molar-refractivity contribution in [2.24, 2.45) is 0 Å². The monoisotopic (exact) mass is 293 g/mol. The zero-order valence-electron chi connectivity index (χ0n) is 14.0. The molecule has 0 saturated carbocycles. The highest BCUT2D eigenvalue weighted by Gasteiger charge is 2.20. The van der Waals surface area contributed by atoms with E-state index in [9.17, 15) is 5.11 Å². The maximum Gasteiger partial charge on any atom is 0.0765 e. The molecular weight excluding hydrogens is 262 g/mol. The van der Waals surface area contributed by atoms with Crippen LogP contribution in [0.3, 0.4) is 0 Å². The highest BCUT2D eigenvalue weighted by Crippen LogP contribution is 2.16. The van der Waals surface area contributed by atoms with Gasteiger partial charge in [-0.25, -0.2) is 0 Å². The van der Waals surface area contributed by atoms with Crippen LogP contribution in [0, 0.1) is 0 Å². The van der Waals surface area contributed by atoms with E-state index in [1.54, 1.807) is 7.11 Å². The van der Waals surface area contributed by atoms with Crippen LogP contribution in [-0.4, -0.2) is 31.0 Å². The molecule has 0 bridgehead atoms. The maximum absolute atomic E-state index is 10.2. The first-order chi connectivity index (χ1) is 9.98. The van der Waals surface area contributed by atoms with Crippen molar-refractivity contribution >= 4 is 0 Å². The lowest BCUT2D eigenvalue weighted by Gasteiger charge is -2.26.